The van der Waals surface area contributed by atoms with Crippen molar-refractivity contribution in [3.8, 4) is 0 Å². The summed E-state index contributed by atoms with van der Waals surface area (Å²) in [6, 6.07) is 1.17. The lowest BCUT2D eigenvalue weighted by Crippen LogP contribution is -2.51. The molecular weight excluding hydrogens is 224 g/mol. The van der Waals surface area contributed by atoms with Gasteiger partial charge in [0.1, 0.15) is 0 Å². The molecule has 0 spiro atoms. The number of nitrogens with two attached hydrogens (primary N) is 1. The van der Waals surface area contributed by atoms with E-state index in [-0.39, 0.29) is 0 Å². The first kappa shape index (κ1) is 15.9. The largest absolute Gasteiger partial charge is 0.381 e. The van der Waals surface area contributed by atoms with Gasteiger partial charge in [0, 0.05) is 37.7 Å². The summed E-state index contributed by atoms with van der Waals surface area (Å²) in [5, 5.41) is 0. The molecule has 1 saturated heterocycles. The highest BCUT2D eigenvalue weighted by atomic mass is 16.5. The number of hydrogen-bond donors (Lipinski definition) is 1. The van der Waals surface area contributed by atoms with Crippen molar-refractivity contribution in [2.45, 2.75) is 59.0 Å². The van der Waals surface area contributed by atoms with Crippen molar-refractivity contribution in [3.05, 3.63) is 0 Å². The standard InChI is InChI=1S/C15H32N2O/c1-5-14(6-2)17(10-12(3)4)15(9-16)13-7-8-18-11-13/h12-15H,5-11,16H2,1-4H3. The van der Waals surface area contributed by atoms with Crippen LogP contribution in [-0.2, 0) is 4.74 Å². The van der Waals surface area contributed by atoms with Gasteiger partial charge in [0.25, 0.3) is 0 Å². The smallest absolute Gasteiger partial charge is 0.0510 e. The molecule has 18 heavy (non-hydrogen) atoms. The molecule has 0 aromatic rings. The molecule has 0 aromatic carbocycles. The third-order valence-corrected chi connectivity index (χ3v) is 4.16. The van der Waals surface area contributed by atoms with Gasteiger partial charge in [-0.3, -0.25) is 4.90 Å². The molecule has 0 aliphatic carbocycles. The Morgan fingerprint density at radius 2 is 1.94 bits per heavy atom. The van der Waals surface area contributed by atoms with Crippen molar-refractivity contribution in [2.75, 3.05) is 26.3 Å². The first-order valence-corrected chi connectivity index (χ1v) is 7.67. The van der Waals surface area contributed by atoms with Crippen LogP contribution in [0.2, 0.25) is 0 Å². The zero-order valence-electron chi connectivity index (χ0n) is 12.7. The van der Waals surface area contributed by atoms with Crippen LogP contribution in [0.3, 0.4) is 0 Å². The second-order valence-corrected chi connectivity index (χ2v) is 5.99. The molecule has 3 heteroatoms. The van der Waals surface area contributed by atoms with Gasteiger partial charge in [0.05, 0.1) is 6.61 Å². The summed E-state index contributed by atoms with van der Waals surface area (Å²) >= 11 is 0. The molecule has 0 saturated carbocycles. The van der Waals surface area contributed by atoms with Gasteiger partial charge < -0.3 is 10.5 Å². The minimum absolute atomic E-state index is 0.500. The van der Waals surface area contributed by atoms with E-state index < -0.39 is 0 Å². The van der Waals surface area contributed by atoms with Gasteiger partial charge in [-0.25, -0.2) is 0 Å². The van der Waals surface area contributed by atoms with Gasteiger partial charge in [-0.05, 0) is 25.2 Å². The summed E-state index contributed by atoms with van der Waals surface area (Å²) < 4.78 is 5.56. The molecule has 2 N–H and O–H groups in total. The molecule has 108 valence electrons. The fourth-order valence-electron chi connectivity index (χ4n) is 3.19. The second kappa shape index (κ2) is 8.13. The van der Waals surface area contributed by atoms with Crippen LogP contribution in [-0.4, -0.2) is 43.3 Å². The number of hydrogen-bond acceptors (Lipinski definition) is 3. The van der Waals surface area contributed by atoms with Gasteiger partial charge in [-0.15, -0.1) is 0 Å². The number of rotatable bonds is 8. The molecule has 1 rings (SSSR count). The lowest BCUT2D eigenvalue weighted by atomic mass is 9.93. The highest BCUT2D eigenvalue weighted by molar-refractivity contribution is 4.86. The van der Waals surface area contributed by atoms with Crippen LogP contribution in [0, 0.1) is 11.8 Å². The van der Waals surface area contributed by atoms with Crippen molar-refractivity contribution >= 4 is 0 Å². The zero-order chi connectivity index (χ0) is 13.5. The van der Waals surface area contributed by atoms with E-state index in [0.29, 0.717) is 23.9 Å². The highest BCUT2D eigenvalue weighted by Gasteiger charge is 2.32. The van der Waals surface area contributed by atoms with Gasteiger partial charge in [0.15, 0.2) is 0 Å². The Hall–Kier alpha value is -0.120. The zero-order valence-corrected chi connectivity index (χ0v) is 12.7. The normalized spacial score (nSPS) is 22.3. The average molecular weight is 256 g/mol. The highest BCUT2D eigenvalue weighted by Crippen LogP contribution is 2.25. The molecule has 1 aliphatic rings. The Kier molecular flexibility index (Phi) is 7.20. The summed E-state index contributed by atoms with van der Waals surface area (Å²) in [5.41, 5.74) is 6.08. The molecule has 0 radical (unpaired) electrons. The van der Waals surface area contributed by atoms with Crippen LogP contribution in [0.4, 0.5) is 0 Å². The van der Waals surface area contributed by atoms with Crippen LogP contribution in [0.5, 0.6) is 0 Å². The Bertz CT molecular complexity index is 211. The van der Waals surface area contributed by atoms with Crippen molar-refractivity contribution in [1.82, 2.24) is 4.90 Å². The lowest BCUT2D eigenvalue weighted by molar-refractivity contribution is 0.0689. The van der Waals surface area contributed by atoms with E-state index in [1.807, 2.05) is 0 Å². The third kappa shape index (κ3) is 4.22. The van der Waals surface area contributed by atoms with Crippen LogP contribution >= 0.6 is 0 Å². The topological polar surface area (TPSA) is 38.5 Å². The first-order valence-electron chi connectivity index (χ1n) is 7.67. The van der Waals surface area contributed by atoms with Gasteiger partial charge in [-0.1, -0.05) is 27.7 Å². The fourth-order valence-corrected chi connectivity index (χ4v) is 3.19. The maximum absolute atomic E-state index is 6.08. The first-order chi connectivity index (χ1) is 8.63. The molecule has 0 amide bonds. The van der Waals surface area contributed by atoms with Gasteiger partial charge >= 0.3 is 0 Å². The summed E-state index contributed by atoms with van der Waals surface area (Å²) in [6.45, 7) is 12.9. The van der Waals surface area contributed by atoms with E-state index in [0.717, 1.165) is 26.3 Å². The van der Waals surface area contributed by atoms with Crippen LogP contribution in [0.25, 0.3) is 0 Å². The predicted octanol–water partition coefficient (Wildman–Crippen LogP) is 2.50. The van der Waals surface area contributed by atoms with E-state index in [1.54, 1.807) is 0 Å². The third-order valence-electron chi connectivity index (χ3n) is 4.16. The summed E-state index contributed by atoms with van der Waals surface area (Å²) in [7, 11) is 0. The second-order valence-electron chi connectivity index (χ2n) is 5.99. The van der Waals surface area contributed by atoms with Gasteiger partial charge in [-0.2, -0.15) is 0 Å². The van der Waals surface area contributed by atoms with E-state index in [9.17, 15) is 0 Å². The van der Waals surface area contributed by atoms with E-state index in [2.05, 4.69) is 32.6 Å². The van der Waals surface area contributed by atoms with Crippen molar-refractivity contribution < 1.29 is 4.74 Å². The molecule has 0 aromatic heterocycles. The molecule has 2 unspecified atom stereocenters. The Morgan fingerprint density at radius 1 is 1.28 bits per heavy atom. The van der Waals surface area contributed by atoms with E-state index in [1.165, 1.54) is 19.3 Å². The fraction of sp³-hybridized carbons (Fsp3) is 1.00. The monoisotopic (exact) mass is 256 g/mol. The summed E-state index contributed by atoms with van der Waals surface area (Å²) in [5.74, 6) is 1.33. The lowest BCUT2D eigenvalue weighted by Gasteiger charge is -2.40. The molecular formula is C15H32N2O. The van der Waals surface area contributed by atoms with Crippen molar-refractivity contribution in [3.63, 3.8) is 0 Å². The van der Waals surface area contributed by atoms with Gasteiger partial charge in [0.2, 0.25) is 0 Å². The molecule has 1 fully saturated rings. The molecule has 0 bridgehead atoms. The van der Waals surface area contributed by atoms with E-state index in [4.69, 9.17) is 10.5 Å². The average Bonchev–Trinajstić information content (AvgIpc) is 2.84. The van der Waals surface area contributed by atoms with Crippen LogP contribution in [0.15, 0.2) is 0 Å². The van der Waals surface area contributed by atoms with E-state index >= 15 is 0 Å². The molecule has 1 heterocycles. The maximum atomic E-state index is 6.08. The molecule has 2 atom stereocenters. The number of nitrogens with zero attached hydrogens (tertiary/aromatic N) is 1. The Morgan fingerprint density at radius 3 is 2.33 bits per heavy atom. The Labute approximate surface area is 113 Å². The SMILES string of the molecule is CCC(CC)N(CC(C)C)C(CN)C1CCOC1. The number of ether oxygens (including phenoxy) is 1. The minimum atomic E-state index is 0.500. The summed E-state index contributed by atoms with van der Waals surface area (Å²) in [4.78, 5) is 2.67. The predicted molar refractivity (Wildman–Crippen MR) is 77.7 cm³/mol. The molecule has 1 aliphatic heterocycles. The van der Waals surface area contributed by atoms with Crippen molar-refractivity contribution in [1.29, 1.82) is 0 Å². The van der Waals surface area contributed by atoms with Crippen LogP contribution < -0.4 is 5.73 Å². The quantitative estimate of drug-likeness (QED) is 0.725. The minimum Gasteiger partial charge on any atom is -0.381 e. The molecule has 3 nitrogen and oxygen atoms in total. The maximum Gasteiger partial charge on any atom is 0.0510 e. The summed E-state index contributed by atoms with van der Waals surface area (Å²) in [6.07, 6.45) is 3.61. The van der Waals surface area contributed by atoms with Crippen molar-refractivity contribution in [2.24, 2.45) is 17.6 Å². The Balaban J connectivity index is 2.76. The van der Waals surface area contributed by atoms with Crippen LogP contribution in [0.1, 0.15) is 47.0 Å².